The molecule has 96 valence electrons. The summed E-state index contributed by atoms with van der Waals surface area (Å²) in [5.74, 6) is 0.414. The predicted octanol–water partition coefficient (Wildman–Crippen LogP) is 1.99. The third-order valence-electron chi connectivity index (χ3n) is 2.47. The van der Waals surface area contributed by atoms with Crippen LogP contribution in [-0.2, 0) is 6.54 Å². The number of nitrogens with two attached hydrogens (primary N) is 1. The summed E-state index contributed by atoms with van der Waals surface area (Å²) in [5.41, 5.74) is 5.91. The van der Waals surface area contributed by atoms with Crippen molar-refractivity contribution >= 4 is 17.2 Å². The van der Waals surface area contributed by atoms with E-state index in [2.05, 4.69) is 10.3 Å². The van der Waals surface area contributed by atoms with Crippen LogP contribution in [0, 0.1) is 6.92 Å². The molecule has 1 atom stereocenters. The van der Waals surface area contributed by atoms with Gasteiger partial charge in [-0.2, -0.15) is 0 Å². The molecule has 1 unspecified atom stereocenters. The number of aryl methyl sites for hydroxylation is 1. The molecule has 2 heterocycles. The van der Waals surface area contributed by atoms with E-state index in [1.54, 1.807) is 23.6 Å². The second kappa shape index (κ2) is 5.32. The highest BCUT2D eigenvalue weighted by Gasteiger charge is 2.15. The number of nitrogens with one attached hydrogen (secondary N) is 1. The van der Waals surface area contributed by atoms with Crippen molar-refractivity contribution in [3.05, 3.63) is 39.7 Å². The van der Waals surface area contributed by atoms with Gasteiger partial charge in [0.05, 0.1) is 18.2 Å². The molecule has 3 N–H and O–H groups in total. The standard InChI is InChI=1S/C12H15N3O2S/c1-7-5-14-12(18-7)8(2)15-11(16)9-3-10(4-13)17-6-9/h3,5-6,8H,4,13H2,1-2H3,(H,15,16). The van der Waals surface area contributed by atoms with Crippen molar-refractivity contribution in [2.75, 3.05) is 0 Å². The molecule has 0 aliphatic rings. The van der Waals surface area contributed by atoms with Gasteiger partial charge in [-0.1, -0.05) is 0 Å². The number of carbonyl (C=O) groups excluding carboxylic acids is 1. The zero-order valence-corrected chi connectivity index (χ0v) is 11.1. The van der Waals surface area contributed by atoms with Crippen molar-refractivity contribution < 1.29 is 9.21 Å². The largest absolute Gasteiger partial charge is 0.467 e. The Morgan fingerprint density at radius 3 is 3.00 bits per heavy atom. The molecule has 0 bridgehead atoms. The lowest BCUT2D eigenvalue weighted by Crippen LogP contribution is -2.26. The molecular formula is C12H15N3O2S. The van der Waals surface area contributed by atoms with E-state index < -0.39 is 0 Å². The van der Waals surface area contributed by atoms with E-state index in [1.807, 2.05) is 13.8 Å². The minimum atomic E-state index is -0.182. The smallest absolute Gasteiger partial charge is 0.255 e. The molecule has 1 amide bonds. The second-order valence-corrected chi connectivity index (χ2v) is 5.28. The number of nitrogens with zero attached hydrogens (tertiary/aromatic N) is 1. The van der Waals surface area contributed by atoms with Gasteiger partial charge in [0.1, 0.15) is 17.0 Å². The average Bonchev–Trinajstić information content (AvgIpc) is 2.97. The molecule has 0 saturated carbocycles. The fourth-order valence-electron chi connectivity index (χ4n) is 1.52. The van der Waals surface area contributed by atoms with E-state index >= 15 is 0 Å². The fourth-order valence-corrected chi connectivity index (χ4v) is 2.30. The minimum Gasteiger partial charge on any atom is -0.467 e. The second-order valence-electron chi connectivity index (χ2n) is 4.01. The first-order valence-corrected chi connectivity index (χ1v) is 6.42. The van der Waals surface area contributed by atoms with Crippen LogP contribution in [0.2, 0.25) is 0 Å². The Labute approximate surface area is 109 Å². The number of hydrogen-bond donors (Lipinski definition) is 2. The number of rotatable bonds is 4. The van der Waals surface area contributed by atoms with Gasteiger partial charge in [0.2, 0.25) is 0 Å². The van der Waals surface area contributed by atoms with Gasteiger partial charge < -0.3 is 15.5 Å². The van der Waals surface area contributed by atoms with Crippen LogP contribution in [0.3, 0.4) is 0 Å². The highest BCUT2D eigenvalue weighted by Crippen LogP contribution is 2.19. The maximum absolute atomic E-state index is 11.9. The van der Waals surface area contributed by atoms with E-state index in [1.165, 1.54) is 6.26 Å². The number of hydrogen-bond acceptors (Lipinski definition) is 5. The van der Waals surface area contributed by atoms with Crippen molar-refractivity contribution in [2.45, 2.75) is 26.4 Å². The maximum atomic E-state index is 11.9. The van der Waals surface area contributed by atoms with Gasteiger partial charge in [-0.25, -0.2) is 4.98 Å². The summed E-state index contributed by atoms with van der Waals surface area (Å²) >= 11 is 1.57. The quantitative estimate of drug-likeness (QED) is 0.885. The van der Waals surface area contributed by atoms with Crippen LogP contribution in [0.1, 0.15) is 39.0 Å². The van der Waals surface area contributed by atoms with Gasteiger partial charge in [0.15, 0.2) is 0 Å². The van der Waals surface area contributed by atoms with E-state index in [0.717, 1.165) is 9.88 Å². The highest BCUT2D eigenvalue weighted by atomic mass is 32.1. The minimum absolute atomic E-state index is 0.118. The Morgan fingerprint density at radius 2 is 2.44 bits per heavy atom. The number of furan rings is 1. The highest BCUT2D eigenvalue weighted by molar-refractivity contribution is 7.11. The topological polar surface area (TPSA) is 81.2 Å². The monoisotopic (exact) mass is 265 g/mol. The third kappa shape index (κ3) is 2.77. The number of carbonyl (C=O) groups is 1. The molecule has 0 spiro atoms. The molecule has 0 aliphatic heterocycles. The zero-order valence-electron chi connectivity index (χ0n) is 10.3. The molecule has 5 nitrogen and oxygen atoms in total. The van der Waals surface area contributed by atoms with Crippen LogP contribution >= 0.6 is 11.3 Å². The van der Waals surface area contributed by atoms with Crippen LogP contribution in [0.25, 0.3) is 0 Å². The SMILES string of the molecule is Cc1cnc(C(C)NC(=O)c2coc(CN)c2)s1. The van der Waals surface area contributed by atoms with E-state index in [0.29, 0.717) is 11.3 Å². The van der Waals surface area contributed by atoms with Gasteiger partial charge in [0, 0.05) is 11.1 Å². The molecule has 0 radical (unpaired) electrons. The lowest BCUT2D eigenvalue weighted by atomic mass is 10.2. The summed E-state index contributed by atoms with van der Waals surface area (Å²) in [6.07, 6.45) is 3.21. The van der Waals surface area contributed by atoms with Crippen molar-refractivity contribution in [3.63, 3.8) is 0 Å². The summed E-state index contributed by atoms with van der Waals surface area (Å²) in [7, 11) is 0. The Bertz CT molecular complexity index is 547. The molecule has 0 aromatic carbocycles. The van der Waals surface area contributed by atoms with Gasteiger partial charge in [-0.05, 0) is 19.9 Å². The van der Waals surface area contributed by atoms with Gasteiger partial charge in [-0.15, -0.1) is 11.3 Å². The summed E-state index contributed by atoms with van der Waals surface area (Å²) in [5, 5.41) is 3.76. The third-order valence-corrected chi connectivity index (χ3v) is 3.57. The first kappa shape index (κ1) is 12.8. The summed E-state index contributed by atoms with van der Waals surface area (Å²) in [6.45, 7) is 4.17. The summed E-state index contributed by atoms with van der Waals surface area (Å²) in [6, 6.07) is 1.53. The zero-order chi connectivity index (χ0) is 13.1. The predicted molar refractivity (Wildman–Crippen MR) is 69.3 cm³/mol. The number of thiazole rings is 1. The fraction of sp³-hybridized carbons (Fsp3) is 0.333. The van der Waals surface area contributed by atoms with Gasteiger partial charge >= 0.3 is 0 Å². The van der Waals surface area contributed by atoms with Crippen molar-refractivity contribution in [1.82, 2.24) is 10.3 Å². The van der Waals surface area contributed by atoms with Crippen LogP contribution < -0.4 is 11.1 Å². The maximum Gasteiger partial charge on any atom is 0.255 e. The lowest BCUT2D eigenvalue weighted by Gasteiger charge is -2.09. The lowest BCUT2D eigenvalue weighted by molar-refractivity contribution is 0.0939. The molecular weight excluding hydrogens is 250 g/mol. The Balaban J connectivity index is 2.02. The molecule has 0 aliphatic carbocycles. The summed E-state index contributed by atoms with van der Waals surface area (Å²) < 4.78 is 5.13. The van der Waals surface area contributed by atoms with E-state index in [4.69, 9.17) is 10.2 Å². The Morgan fingerprint density at radius 1 is 1.67 bits per heavy atom. The first-order valence-electron chi connectivity index (χ1n) is 5.61. The molecule has 2 aromatic rings. The number of aromatic nitrogens is 1. The molecule has 2 rings (SSSR count). The van der Waals surface area contributed by atoms with Crippen LogP contribution in [0.4, 0.5) is 0 Å². The first-order chi connectivity index (χ1) is 8.60. The Hall–Kier alpha value is -1.66. The van der Waals surface area contributed by atoms with Crippen molar-refractivity contribution in [1.29, 1.82) is 0 Å². The molecule has 6 heteroatoms. The van der Waals surface area contributed by atoms with E-state index in [9.17, 15) is 4.79 Å². The Kier molecular flexibility index (Phi) is 3.78. The van der Waals surface area contributed by atoms with Crippen LogP contribution in [0.5, 0.6) is 0 Å². The molecule has 0 fully saturated rings. The average molecular weight is 265 g/mol. The number of amides is 1. The molecule has 2 aromatic heterocycles. The van der Waals surface area contributed by atoms with Crippen LogP contribution in [0.15, 0.2) is 22.9 Å². The van der Waals surface area contributed by atoms with Crippen LogP contribution in [-0.4, -0.2) is 10.9 Å². The van der Waals surface area contributed by atoms with Crippen molar-refractivity contribution in [2.24, 2.45) is 5.73 Å². The molecule has 18 heavy (non-hydrogen) atoms. The van der Waals surface area contributed by atoms with Gasteiger partial charge in [-0.3, -0.25) is 4.79 Å². The molecule has 0 saturated heterocycles. The van der Waals surface area contributed by atoms with E-state index in [-0.39, 0.29) is 18.5 Å². The van der Waals surface area contributed by atoms with Gasteiger partial charge in [0.25, 0.3) is 5.91 Å². The normalized spacial score (nSPS) is 12.4. The summed E-state index contributed by atoms with van der Waals surface area (Å²) in [4.78, 5) is 17.3. The van der Waals surface area contributed by atoms with Crippen molar-refractivity contribution in [3.8, 4) is 0 Å².